The summed E-state index contributed by atoms with van der Waals surface area (Å²) in [5, 5.41) is 32.5. The molecule has 3 heterocycles. The number of likely N-dealkylation sites (tertiary alicyclic amines) is 2. The van der Waals surface area contributed by atoms with Gasteiger partial charge in [0.2, 0.25) is 0 Å². The molecular weight excluding hydrogens is 1370 g/mol. The minimum Gasteiger partial charge on any atom is -0.491 e. The van der Waals surface area contributed by atoms with Gasteiger partial charge in [-0.1, -0.05) is 85.7 Å². The summed E-state index contributed by atoms with van der Waals surface area (Å²) >= 11 is 27.9. The van der Waals surface area contributed by atoms with E-state index in [1.54, 1.807) is 18.2 Å². The number of carbonyl (C=O) groups is 2. The zero-order valence-corrected chi connectivity index (χ0v) is 60.9. The van der Waals surface area contributed by atoms with Crippen molar-refractivity contribution >= 4 is 69.9 Å². The van der Waals surface area contributed by atoms with Crippen molar-refractivity contribution < 1.29 is 75.3 Å². The van der Waals surface area contributed by atoms with Crippen molar-refractivity contribution in [2.24, 2.45) is 22.3 Å². The fourth-order valence-electron chi connectivity index (χ4n) is 13.4. The van der Waals surface area contributed by atoms with Crippen LogP contribution in [0.15, 0.2) is 91.0 Å². The van der Waals surface area contributed by atoms with E-state index < -0.39 is 53.9 Å². The van der Waals surface area contributed by atoms with E-state index in [2.05, 4.69) is 98.2 Å². The van der Waals surface area contributed by atoms with E-state index in [0.717, 1.165) is 31.6 Å². The van der Waals surface area contributed by atoms with Crippen LogP contribution < -0.4 is 40.5 Å². The van der Waals surface area contributed by atoms with Gasteiger partial charge in [0.15, 0.2) is 13.2 Å². The molecular formula is C71H95Cl5F5N5O11. The molecule has 1 saturated carbocycles. The maximum absolute atomic E-state index is 13.6. The number of carboxylic acid groups (broad SMARTS) is 1. The summed E-state index contributed by atoms with van der Waals surface area (Å²) in [6.07, 6.45) is 5.43. The Balaban J connectivity index is 0.000000238. The Hall–Kier alpha value is -5.14. The summed E-state index contributed by atoms with van der Waals surface area (Å²) in [6.45, 7) is 27.5. The largest absolute Gasteiger partial charge is 0.491 e. The van der Waals surface area contributed by atoms with E-state index in [9.17, 15) is 41.8 Å². The number of rotatable bonds is 20. The lowest BCUT2D eigenvalue weighted by Gasteiger charge is -2.56. The van der Waals surface area contributed by atoms with Gasteiger partial charge in [-0.15, -0.1) is 0 Å². The molecule has 0 spiro atoms. The molecule has 4 fully saturated rings. The van der Waals surface area contributed by atoms with E-state index in [1.807, 2.05) is 0 Å². The Morgan fingerprint density at radius 2 is 0.804 bits per heavy atom. The van der Waals surface area contributed by atoms with Crippen molar-refractivity contribution in [3.8, 4) is 28.7 Å². The lowest BCUT2D eigenvalue weighted by atomic mass is 9.64. The van der Waals surface area contributed by atoms with Crippen molar-refractivity contribution in [1.29, 1.82) is 0 Å². The van der Waals surface area contributed by atoms with Crippen LogP contribution in [0.4, 0.5) is 22.0 Å². The highest BCUT2D eigenvalue weighted by atomic mass is 35.5. The Labute approximate surface area is 592 Å². The molecule has 3 unspecified atom stereocenters. The second-order valence-corrected chi connectivity index (χ2v) is 31.1. The molecule has 0 aromatic heterocycles. The van der Waals surface area contributed by atoms with Gasteiger partial charge in [0, 0.05) is 83.7 Å². The third-order valence-electron chi connectivity index (χ3n) is 16.6. The summed E-state index contributed by atoms with van der Waals surface area (Å²) < 4.78 is 97.6. The quantitative estimate of drug-likeness (QED) is 0.0315. The molecule has 16 nitrogen and oxygen atoms in total. The van der Waals surface area contributed by atoms with Crippen LogP contribution in [0.2, 0.25) is 25.1 Å². The molecule has 4 aliphatic rings. The number of β-amino-alcohol motifs (C(OH)–C–C–N with tert-alkyl or cyclic N) is 2. The van der Waals surface area contributed by atoms with Crippen LogP contribution in [-0.4, -0.2) is 148 Å². The molecule has 0 radical (unpaired) electrons. The topological polar surface area (TPSA) is 224 Å². The molecule has 1 amide bonds. The van der Waals surface area contributed by atoms with Crippen LogP contribution in [0.1, 0.15) is 128 Å². The molecule has 97 heavy (non-hydrogen) atoms. The van der Waals surface area contributed by atoms with E-state index in [1.165, 1.54) is 79.9 Å². The maximum Gasteiger partial charge on any atom is 0.341 e. The first-order chi connectivity index (χ1) is 44.9. The molecule has 1 aliphatic carbocycles. The van der Waals surface area contributed by atoms with Gasteiger partial charge >= 0.3 is 5.97 Å². The molecule has 0 bridgehead atoms. The number of aliphatic carboxylic acids is 1. The fraction of sp³-hybridized carbons (Fsp3) is 0.549. The number of halogens is 10. The minimum atomic E-state index is -1.12. The number of hydrogen-bond acceptors (Lipinski definition) is 14. The Kier molecular flexibility index (Phi) is 30.6. The maximum atomic E-state index is 13.6. The first kappa shape index (κ1) is 82.5. The van der Waals surface area contributed by atoms with Gasteiger partial charge in [-0.2, -0.15) is 0 Å². The highest BCUT2D eigenvalue weighted by Crippen LogP contribution is 2.45. The number of carbonyl (C=O) groups excluding carboxylic acids is 1. The molecule has 5 aromatic carbocycles. The van der Waals surface area contributed by atoms with Gasteiger partial charge < -0.3 is 60.5 Å². The van der Waals surface area contributed by atoms with Gasteiger partial charge in [-0.05, 0) is 172 Å². The van der Waals surface area contributed by atoms with Crippen molar-refractivity contribution in [2.45, 2.75) is 187 Å². The zero-order valence-electron chi connectivity index (χ0n) is 57.2. The number of nitrogens with two attached hydrogens (primary N) is 2. The summed E-state index contributed by atoms with van der Waals surface area (Å²) in [7, 11) is 0. The Bertz CT molecular complexity index is 3340. The summed E-state index contributed by atoms with van der Waals surface area (Å²) in [4.78, 5) is 27.1. The number of amides is 1. The lowest BCUT2D eigenvalue weighted by Crippen LogP contribution is -2.66. The normalized spacial score (nSPS) is 19.8. The molecule has 9 rings (SSSR count). The van der Waals surface area contributed by atoms with E-state index in [4.69, 9.17) is 103 Å². The molecule has 3 atom stereocenters. The standard InChI is InChI=1S/C26H32Cl2F2N2O4.C18H28ClFN2O2.C10H21N.C9H8ClFO2.C8H6ClFO3/c1-25(2)11-16(31-24(34)15-36-19-6-8-21(28)23(30)10-19)12-26(3,4)32(25)13-17(33)14-35-18-5-7-20(27)22(29)9-18;1-17(2)8-12(21)9-18(3,4)22(17)10-13(23)11-24-14-5-6-15(19)16(20)7-14;1-9(2)5-8(11)6-10(3,4)7-9;10-8-2-1-6(3-9(8)11)12-4-7-5-13-7;9-6-2-1-5(3-7(6)10)13-4-8(11)12/h5-10,16-17,33H,11-15H2,1-4H3,(H,31,34);5-7,12-13,23H,8-11,21H2,1-4H3;8H,5-7,11H2,1-4H3;1-3,7H,4-5H2;1-3H,4H2,(H,11,12). The number of aliphatic hydroxyl groups is 2. The average molecular weight is 1470 g/mol. The van der Waals surface area contributed by atoms with Crippen molar-refractivity contribution in [3.63, 3.8) is 0 Å². The van der Waals surface area contributed by atoms with Crippen LogP contribution in [0, 0.1) is 39.9 Å². The molecule has 540 valence electrons. The van der Waals surface area contributed by atoms with Crippen LogP contribution >= 0.6 is 58.0 Å². The molecule has 5 aromatic rings. The van der Waals surface area contributed by atoms with Crippen LogP contribution in [0.25, 0.3) is 0 Å². The zero-order chi connectivity index (χ0) is 72.6. The van der Waals surface area contributed by atoms with Crippen molar-refractivity contribution in [1.82, 2.24) is 15.1 Å². The first-order valence-corrected chi connectivity index (χ1v) is 33.8. The number of benzene rings is 5. The third-order valence-corrected chi connectivity index (χ3v) is 18.1. The second kappa shape index (κ2) is 35.9. The molecule has 3 aliphatic heterocycles. The number of aliphatic hydroxyl groups excluding tert-OH is 2. The Morgan fingerprint density at radius 3 is 1.11 bits per heavy atom. The summed E-state index contributed by atoms with van der Waals surface area (Å²) in [6, 6.07) is 21.0. The van der Waals surface area contributed by atoms with E-state index in [-0.39, 0.29) is 103 Å². The van der Waals surface area contributed by atoms with Gasteiger partial charge in [-0.3, -0.25) is 14.6 Å². The number of ether oxygens (including phenoxy) is 6. The predicted octanol–water partition coefficient (Wildman–Crippen LogP) is 15.2. The lowest BCUT2D eigenvalue weighted by molar-refractivity contribution is -0.139. The molecule has 3 saturated heterocycles. The number of piperidine rings is 2. The second-order valence-electron chi connectivity index (χ2n) is 29.0. The smallest absolute Gasteiger partial charge is 0.341 e. The predicted molar refractivity (Wildman–Crippen MR) is 371 cm³/mol. The fourth-order valence-corrected chi connectivity index (χ4v) is 14.0. The highest BCUT2D eigenvalue weighted by Gasteiger charge is 2.47. The molecule has 26 heteroatoms. The van der Waals surface area contributed by atoms with Gasteiger partial charge in [0.25, 0.3) is 5.91 Å². The van der Waals surface area contributed by atoms with Crippen LogP contribution in [0.3, 0.4) is 0 Å². The minimum absolute atomic E-state index is 0.00630. The van der Waals surface area contributed by atoms with Gasteiger partial charge in [0.05, 0.1) is 31.7 Å². The van der Waals surface area contributed by atoms with Crippen LogP contribution in [-0.2, 0) is 14.3 Å². The summed E-state index contributed by atoms with van der Waals surface area (Å²) in [5.41, 5.74) is 12.2. The third kappa shape index (κ3) is 28.1. The SMILES string of the molecule is CC1(C)CC(N)CC(C)(C)C1.CC1(C)CC(N)CC(C)(C)N1CC(O)COc1ccc(Cl)c(F)c1.CC1(C)CC(NC(=O)COc2ccc(Cl)c(F)c2)CC(C)(C)N1CC(O)COc1ccc(Cl)c(F)c1.Fc1cc(OCC2CO2)ccc1Cl.O=C(O)COc1ccc(Cl)c(F)c1. The number of nitrogens with one attached hydrogen (secondary N) is 1. The average Bonchev–Trinajstić information content (AvgIpc) is 1.64. The Morgan fingerprint density at radius 1 is 0.505 bits per heavy atom. The molecule has 8 N–H and O–H groups in total. The van der Waals surface area contributed by atoms with Gasteiger partial charge in [0.1, 0.15) is 96.0 Å². The van der Waals surface area contributed by atoms with Crippen molar-refractivity contribution in [2.75, 3.05) is 52.7 Å². The van der Waals surface area contributed by atoms with E-state index in [0.29, 0.717) is 66.7 Å². The van der Waals surface area contributed by atoms with Gasteiger partial charge in [-0.25, -0.2) is 26.7 Å². The van der Waals surface area contributed by atoms with Crippen molar-refractivity contribution in [3.05, 3.63) is 145 Å². The monoisotopic (exact) mass is 1460 g/mol. The van der Waals surface area contributed by atoms with Crippen LogP contribution in [0.5, 0.6) is 28.7 Å². The number of hydrogen-bond donors (Lipinski definition) is 6. The number of carboxylic acids is 1. The van der Waals surface area contributed by atoms with E-state index >= 15 is 0 Å². The number of nitrogens with zero attached hydrogens (tertiary/aromatic N) is 2. The highest BCUT2D eigenvalue weighted by molar-refractivity contribution is 6.32. The first-order valence-electron chi connectivity index (χ1n) is 31.9. The summed E-state index contributed by atoms with van der Waals surface area (Å²) in [5.74, 6) is -2.75. The number of epoxide rings is 1.